The largest absolute Gasteiger partial charge is 0.478 e. The molecule has 1 unspecified atom stereocenters. The van der Waals surface area contributed by atoms with Crippen LogP contribution in [0.4, 0.5) is 0 Å². The molecule has 0 aliphatic heterocycles. The number of hydrogen-bond acceptors (Lipinski definition) is 3. The maximum absolute atomic E-state index is 9.92. The van der Waals surface area contributed by atoms with Gasteiger partial charge in [0.05, 0.1) is 0 Å². The van der Waals surface area contributed by atoms with Crippen molar-refractivity contribution in [2.75, 3.05) is 13.8 Å². The third kappa shape index (κ3) is 16.2. The van der Waals surface area contributed by atoms with Gasteiger partial charge in [-0.1, -0.05) is 6.58 Å². The van der Waals surface area contributed by atoms with Crippen LogP contribution in [0.1, 0.15) is 6.92 Å². The molecule has 0 aliphatic carbocycles. The van der Waals surface area contributed by atoms with Gasteiger partial charge >= 0.3 is 13.6 Å². The molecule has 0 aromatic rings. The molecule has 0 rings (SSSR count). The number of carboxylic acid groups (broad SMARTS) is 1. The van der Waals surface area contributed by atoms with E-state index in [1.807, 2.05) is 0 Å². The summed E-state index contributed by atoms with van der Waals surface area (Å²) in [6.45, 7) is 5.73. The number of rotatable bonds is 2. The maximum Gasteiger partial charge on any atom is 0.330 e. The molecule has 0 saturated heterocycles. The molecule has 0 saturated carbocycles. The van der Waals surface area contributed by atoms with Gasteiger partial charge in [0, 0.05) is 19.3 Å². The van der Waals surface area contributed by atoms with Crippen molar-refractivity contribution < 1.29 is 23.9 Å². The lowest BCUT2D eigenvalue weighted by molar-refractivity contribution is -0.132. The van der Waals surface area contributed by atoms with Crippen molar-refractivity contribution in [1.82, 2.24) is 0 Å². The van der Waals surface area contributed by atoms with Crippen molar-refractivity contribution in [1.29, 1.82) is 0 Å². The van der Waals surface area contributed by atoms with Gasteiger partial charge in [0.1, 0.15) is 0 Å². The Hall–Kier alpha value is -0.640. The summed E-state index contributed by atoms with van der Waals surface area (Å²) in [5.41, 5.74) is 0.176. The van der Waals surface area contributed by atoms with Crippen molar-refractivity contribution >= 4 is 13.6 Å². The minimum absolute atomic E-state index is 0.176. The van der Waals surface area contributed by atoms with E-state index >= 15 is 0 Å². The van der Waals surface area contributed by atoms with Crippen LogP contribution in [0.25, 0.3) is 0 Å². The fourth-order valence-electron chi connectivity index (χ4n) is 0. The summed E-state index contributed by atoms with van der Waals surface area (Å²) in [7, 11) is -1.95. The Kier molecular flexibility index (Phi) is 6.89. The van der Waals surface area contributed by atoms with E-state index in [1.165, 1.54) is 14.0 Å². The zero-order valence-corrected chi connectivity index (χ0v) is 8.17. The zero-order chi connectivity index (χ0) is 10.4. The predicted molar refractivity (Wildman–Crippen MR) is 45.2 cm³/mol. The van der Waals surface area contributed by atoms with E-state index in [-0.39, 0.29) is 5.57 Å². The van der Waals surface area contributed by atoms with Gasteiger partial charge in [-0.2, -0.15) is 0 Å². The quantitative estimate of drug-likeness (QED) is 0.510. The average molecular weight is 196 g/mol. The van der Waals surface area contributed by atoms with Crippen LogP contribution in [0.5, 0.6) is 0 Å². The summed E-state index contributed by atoms with van der Waals surface area (Å²) >= 11 is 0. The molecular weight excluding hydrogens is 183 g/mol. The molecule has 72 valence electrons. The van der Waals surface area contributed by atoms with Crippen LogP contribution >= 0.6 is 7.60 Å². The van der Waals surface area contributed by atoms with E-state index in [4.69, 9.17) is 10.00 Å². The minimum atomic E-state index is -3.15. The Morgan fingerprint density at radius 3 is 1.75 bits per heavy atom. The molecule has 0 bridgehead atoms. The molecule has 0 heterocycles. The van der Waals surface area contributed by atoms with Gasteiger partial charge in [0.2, 0.25) is 0 Å². The number of aliphatic carboxylic acids is 1. The first-order valence-corrected chi connectivity index (χ1v) is 4.98. The molecule has 0 radical (unpaired) electrons. The lowest BCUT2D eigenvalue weighted by Gasteiger charge is -1.96. The Labute approximate surface area is 71.2 Å². The molecule has 5 nitrogen and oxygen atoms in total. The predicted octanol–water partition coefficient (Wildman–Crippen LogP) is 1.10. The Morgan fingerprint density at radius 2 is 1.75 bits per heavy atom. The highest BCUT2D eigenvalue weighted by Gasteiger charge is 2.02. The van der Waals surface area contributed by atoms with Gasteiger partial charge in [-0.25, -0.2) is 4.79 Å². The van der Waals surface area contributed by atoms with Crippen molar-refractivity contribution in [2.24, 2.45) is 0 Å². The van der Waals surface area contributed by atoms with Gasteiger partial charge in [-0.05, 0) is 6.92 Å². The fraction of sp³-hybridized carbons (Fsp3) is 0.500. The summed E-state index contributed by atoms with van der Waals surface area (Å²) in [5, 5.41) is 7.89. The maximum atomic E-state index is 9.92. The van der Waals surface area contributed by atoms with Crippen LogP contribution in [-0.2, 0) is 13.9 Å². The smallest absolute Gasteiger partial charge is 0.330 e. The monoisotopic (exact) mass is 196 g/mol. The van der Waals surface area contributed by atoms with Crippen LogP contribution < -0.4 is 0 Å². The lowest BCUT2D eigenvalue weighted by Crippen LogP contribution is -1.92. The van der Waals surface area contributed by atoms with Crippen LogP contribution in [0, 0.1) is 0 Å². The van der Waals surface area contributed by atoms with Gasteiger partial charge in [0.15, 0.2) is 0 Å². The van der Waals surface area contributed by atoms with E-state index in [2.05, 4.69) is 11.1 Å². The lowest BCUT2D eigenvalue weighted by atomic mass is 10.4. The van der Waals surface area contributed by atoms with E-state index in [0.717, 1.165) is 6.66 Å². The molecule has 0 aromatic heterocycles. The van der Waals surface area contributed by atoms with Gasteiger partial charge in [0.25, 0.3) is 0 Å². The van der Waals surface area contributed by atoms with E-state index in [0.29, 0.717) is 0 Å². The molecule has 0 aliphatic rings. The van der Waals surface area contributed by atoms with Crippen LogP contribution in [0.3, 0.4) is 0 Å². The molecule has 1 atom stereocenters. The molecule has 0 aromatic carbocycles. The molecule has 6 heteroatoms. The topological polar surface area (TPSA) is 83.8 Å². The Morgan fingerprint density at radius 1 is 1.58 bits per heavy atom. The standard InChI is InChI=1S/C4H6O2.C2H7O3P/c1-3(2)4(5)6;1-5-6(2,3)4/h1H2,2H3,(H,5,6);1-2H3,(H,3,4). The summed E-state index contributed by atoms with van der Waals surface area (Å²) in [4.78, 5) is 17.8. The molecule has 12 heavy (non-hydrogen) atoms. The second-order valence-corrected chi connectivity index (χ2v) is 4.04. The van der Waals surface area contributed by atoms with E-state index in [1.54, 1.807) is 0 Å². The van der Waals surface area contributed by atoms with Gasteiger partial charge < -0.3 is 14.5 Å². The number of carbonyl (C=O) groups is 1. The highest BCUT2D eigenvalue weighted by Crippen LogP contribution is 2.34. The first-order chi connectivity index (χ1) is 5.20. The molecule has 0 fully saturated rings. The first-order valence-electron chi connectivity index (χ1n) is 2.95. The van der Waals surface area contributed by atoms with Crippen LogP contribution in [-0.4, -0.2) is 29.7 Å². The SMILES string of the molecule is C=C(C)C(=O)O.COP(C)(=O)O. The van der Waals surface area contributed by atoms with Crippen molar-refractivity contribution in [3.05, 3.63) is 12.2 Å². The Bertz CT molecular complexity index is 192. The number of hydrogen-bond donors (Lipinski definition) is 2. The molecular formula is C6H13O5P. The van der Waals surface area contributed by atoms with E-state index < -0.39 is 13.6 Å². The van der Waals surface area contributed by atoms with Crippen LogP contribution in [0.15, 0.2) is 12.2 Å². The number of carboxylic acids is 1. The highest BCUT2D eigenvalue weighted by molar-refractivity contribution is 7.51. The second-order valence-electron chi connectivity index (χ2n) is 2.07. The normalized spacial score (nSPS) is 13.7. The molecule has 0 spiro atoms. The molecule has 2 N–H and O–H groups in total. The third-order valence-corrected chi connectivity index (χ3v) is 1.38. The summed E-state index contributed by atoms with van der Waals surface area (Å²) in [6.07, 6.45) is 0. The zero-order valence-electron chi connectivity index (χ0n) is 7.27. The first kappa shape index (κ1) is 13.9. The minimum Gasteiger partial charge on any atom is -0.478 e. The summed E-state index contributed by atoms with van der Waals surface area (Å²) in [6, 6.07) is 0. The summed E-state index contributed by atoms with van der Waals surface area (Å²) in [5.74, 6) is -0.935. The third-order valence-electron chi connectivity index (χ3n) is 0.704. The highest BCUT2D eigenvalue weighted by atomic mass is 31.2. The van der Waals surface area contributed by atoms with Crippen molar-refractivity contribution in [2.45, 2.75) is 6.92 Å². The van der Waals surface area contributed by atoms with Crippen molar-refractivity contribution in [3.8, 4) is 0 Å². The average Bonchev–Trinajstić information content (AvgIpc) is 1.87. The van der Waals surface area contributed by atoms with Gasteiger partial charge in [-0.15, -0.1) is 0 Å². The van der Waals surface area contributed by atoms with Crippen molar-refractivity contribution in [3.63, 3.8) is 0 Å². The summed E-state index contributed by atoms with van der Waals surface area (Å²) < 4.78 is 14.0. The fourth-order valence-corrected chi connectivity index (χ4v) is 0. The van der Waals surface area contributed by atoms with Gasteiger partial charge in [-0.3, -0.25) is 4.57 Å². The second kappa shape index (κ2) is 5.94. The Balaban J connectivity index is 0. The molecule has 0 amide bonds. The van der Waals surface area contributed by atoms with E-state index in [9.17, 15) is 9.36 Å². The van der Waals surface area contributed by atoms with Crippen LogP contribution in [0.2, 0.25) is 0 Å².